The fraction of sp³-hybridized carbons (Fsp3) is 0.250. The van der Waals surface area contributed by atoms with Crippen molar-refractivity contribution >= 4 is 11.7 Å². The fourth-order valence-corrected chi connectivity index (χ4v) is 1.90. The molecule has 0 aliphatic carbocycles. The number of anilines is 1. The number of aromatic nitrogens is 1. The topological polar surface area (TPSA) is 58.4 Å². The Labute approximate surface area is 124 Å². The number of nitrogens with one attached hydrogen (secondary N) is 1. The maximum atomic E-state index is 11.8. The summed E-state index contributed by atoms with van der Waals surface area (Å²) in [5, 5.41) is 2.71. The molecule has 1 amide bonds. The molecule has 0 fully saturated rings. The molecule has 2 heterocycles. The predicted molar refractivity (Wildman–Crippen MR) is 82.3 cm³/mol. The van der Waals surface area contributed by atoms with Crippen LogP contribution in [0.1, 0.15) is 21.9 Å². The lowest BCUT2D eigenvalue weighted by Gasteiger charge is -2.16. The molecule has 110 valence electrons. The maximum Gasteiger partial charge on any atom is 0.253 e. The lowest BCUT2D eigenvalue weighted by Crippen LogP contribution is -2.23. The van der Waals surface area contributed by atoms with Crippen LogP contribution in [0.15, 0.2) is 47.5 Å². The summed E-state index contributed by atoms with van der Waals surface area (Å²) in [4.78, 5) is 18.0. The van der Waals surface area contributed by atoms with Crippen molar-refractivity contribution in [2.24, 2.45) is 0 Å². The second kappa shape index (κ2) is 6.74. The van der Waals surface area contributed by atoms with E-state index in [-0.39, 0.29) is 5.91 Å². The maximum absolute atomic E-state index is 11.8. The first-order valence-electron chi connectivity index (χ1n) is 6.71. The van der Waals surface area contributed by atoms with Gasteiger partial charge < -0.3 is 14.6 Å². The van der Waals surface area contributed by atoms with Crippen molar-refractivity contribution in [2.45, 2.75) is 13.5 Å². The Balaban J connectivity index is 2.00. The van der Waals surface area contributed by atoms with Gasteiger partial charge in [-0.25, -0.2) is 4.98 Å². The summed E-state index contributed by atoms with van der Waals surface area (Å²) in [6, 6.07) is 7.45. The standard InChI is InChI=1S/C16H19N3O2/c1-4-9-17-16(20)13-6-8-15(18-10-13)19(3)11-14-7-5-12(2)21-14/h4-8,10H,1,9,11H2,2-3H3,(H,17,20). The second-order valence-corrected chi connectivity index (χ2v) is 4.77. The van der Waals surface area contributed by atoms with E-state index in [1.54, 1.807) is 18.3 Å². The van der Waals surface area contributed by atoms with Crippen LogP contribution >= 0.6 is 0 Å². The van der Waals surface area contributed by atoms with Crippen LogP contribution in [0.25, 0.3) is 0 Å². The highest BCUT2D eigenvalue weighted by molar-refractivity contribution is 5.94. The van der Waals surface area contributed by atoms with Gasteiger partial charge in [0.15, 0.2) is 0 Å². The molecule has 5 heteroatoms. The summed E-state index contributed by atoms with van der Waals surface area (Å²) in [6.07, 6.45) is 3.20. The minimum atomic E-state index is -0.154. The van der Waals surface area contributed by atoms with E-state index in [9.17, 15) is 4.79 Å². The number of hydrogen-bond acceptors (Lipinski definition) is 4. The number of nitrogens with zero attached hydrogens (tertiary/aromatic N) is 2. The number of carbonyl (C=O) groups excluding carboxylic acids is 1. The molecule has 0 spiro atoms. The van der Waals surface area contributed by atoms with Crippen LogP contribution in [0.4, 0.5) is 5.82 Å². The summed E-state index contributed by atoms with van der Waals surface area (Å²) in [7, 11) is 1.93. The Bertz CT molecular complexity index is 617. The van der Waals surface area contributed by atoms with E-state index in [0.717, 1.165) is 17.3 Å². The fourth-order valence-electron chi connectivity index (χ4n) is 1.90. The number of hydrogen-bond donors (Lipinski definition) is 1. The first-order chi connectivity index (χ1) is 10.1. The smallest absolute Gasteiger partial charge is 0.253 e. The molecule has 21 heavy (non-hydrogen) atoms. The molecule has 0 unspecified atom stereocenters. The lowest BCUT2D eigenvalue weighted by molar-refractivity contribution is 0.0957. The molecule has 2 aromatic rings. The molecule has 0 aromatic carbocycles. The molecule has 2 rings (SSSR count). The monoisotopic (exact) mass is 285 g/mol. The van der Waals surface area contributed by atoms with E-state index in [1.165, 1.54) is 0 Å². The third kappa shape index (κ3) is 3.95. The number of aryl methyl sites for hydroxylation is 1. The molecular weight excluding hydrogens is 266 g/mol. The number of amides is 1. The summed E-state index contributed by atoms with van der Waals surface area (Å²) in [6.45, 7) is 6.55. The van der Waals surface area contributed by atoms with Crippen molar-refractivity contribution in [3.63, 3.8) is 0 Å². The van der Waals surface area contributed by atoms with Crippen molar-refractivity contribution in [1.29, 1.82) is 0 Å². The average Bonchev–Trinajstić information content (AvgIpc) is 2.90. The van der Waals surface area contributed by atoms with Gasteiger partial charge in [0.2, 0.25) is 0 Å². The highest BCUT2D eigenvalue weighted by atomic mass is 16.3. The van der Waals surface area contributed by atoms with Crippen LogP contribution in [-0.2, 0) is 6.54 Å². The lowest BCUT2D eigenvalue weighted by atomic mass is 10.2. The highest BCUT2D eigenvalue weighted by Crippen LogP contribution is 2.15. The summed E-state index contributed by atoms with van der Waals surface area (Å²) in [5.74, 6) is 2.40. The van der Waals surface area contributed by atoms with Crippen LogP contribution in [0.3, 0.4) is 0 Å². The van der Waals surface area contributed by atoms with Gasteiger partial charge in [-0.2, -0.15) is 0 Å². The molecule has 2 aromatic heterocycles. The zero-order valence-corrected chi connectivity index (χ0v) is 12.3. The Morgan fingerprint density at radius 1 is 1.43 bits per heavy atom. The Kier molecular flexibility index (Phi) is 4.77. The van der Waals surface area contributed by atoms with Crippen LogP contribution in [0, 0.1) is 6.92 Å². The second-order valence-electron chi connectivity index (χ2n) is 4.77. The minimum Gasteiger partial charge on any atom is -0.464 e. The van der Waals surface area contributed by atoms with Crippen LogP contribution in [-0.4, -0.2) is 24.5 Å². The van der Waals surface area contributed by atoms with Crippen molar-refractivity contribution < 1.29 is 9.21 Å². The molecule has 0 atom stereocenters. The Morgan fingerprint density at radius 3 is 2.81 bits per heavy atom. The third-order valence-electron chi connectivity index (χ3n) is 3.00. The van der Waals surface area contributed by atoms with Gasteiger partial charge >= 0.3 is 0 Å². The van der Waals surface area contributed by atoms with E-state index in [2.05, 4.69) is 16.9 Å². The van der Waals surface area contributed by atoms with Crippen molar-refractivity contribution in [2.75, 3.05) is 18.5 Å². The molecular formula is C16H19N3O2. The van der Waals surface area contributed by atoms with Crippen molar-refractivity contribution in [3.05, 3.63) is 60.2 Å². The number of furan rings is 1. The van der Waals surface area contributed by atoms with Crippen LogP contribution in [0.5, 0.6) is 0 Å². The molecule has 5 nitrogen and oxygen atoms in total. The van der Waals surface area contributed by atoms with E-state index >= 15 is 0 Å². The quantitative estimate of drug-likeness (QED) is 0.829. The Morgan fingerprint density at radius 2 is 2.24 bits per heavy atom. The van der Waals surface area contributed by atoms with Gasteiger partial charge in [0.25, 0.3) is 5.91 Å². The highest BCUT2D eigenvalue weighted by Gasteiger charge is 2.09. The first kappa shape index (κ1) is 14.8. The van der Waals surface area contributed by atoms with E-state index < -0.39 is 0 Å². The number of carbonyl (C=O) groups is 1. The van der Waals surface area contributed by atoms with Gasteiger partial charge in [-0.3, -0.25) is 4.79 Å². The molecule has 0 radical (unpaired) electrons. The van der Waals surface area contributed by atoms with Gasteiger partial charge in [-0.05, 0) is 31.2 Å². The van der Waals surface area contributed by atoms with Gasteiger partial charge in [0.05, 0.1) is 12.1 Å². The molecule has 0 saturated heterocycles. The van der Waals surface area contributed by atoms with Gasteiger partial charge in [0.1, 0.15) is 17.3 Å². The summed E-state index contributed by atoms with van der Waals surface area (Å²) < 4.78 is 5.54. The SMILES string of the molecule is C=CCNC(=O)c1ccc(N(C)Cc2ccc(C)o2)nc1. The predicted octanol–water partition coefficient (Wildman–Crippen LogP) is 2.54. The third-order valence-corrected chi connectivity index (χ3v) is 3.00. The minimum absolute atomic E-state index is 0.154. The van der Waals surface area contributed by atoms with Gasteiger partial charge in [-0.15, -0.1) is 6.58 Å². The van der Waals surface area contributed by atoms with Gasteiger partial charge in [-0.1, -0.05) is 6.08 Å². The van der Waals surface area contributed by atoms with Crippen molar-refractivity contribution in [1.82, 2.24) is 10.3 Å². The summed E-state index contributed by atoms with van der Waals surface area (Å²) in [5.41, 5.74) is 0.530. The van der Waals surface area contributed by atoms with Gasteiger partial charge in [0, 0.05) is 19.8 Å². The first-order valence-corrected chi connectivity index (χ1v) is 6.71. The van der Waals surface area contributed by atoms with Crippen LogP contribution < -0.4 is 10.2 Å². The molecule has 0 saturated carbocycles. The number of pyridine rings is 1. The zero-order chi connectivity index (χ0) is 15.2. The average molecular weight is 285 g/mol. The molecule has 0 aliphatic rings. The zero-order valence-electron chi connectivity index (χ0n) is 12.3. The molecule has 0 bridgehead atoms. The molecule has 1 N–H and O–H groups in total. The normalized spacial score (nSPS) is 10.2. The van der Waals surface area contributed by atoms with E-state index in [4.69, 9.17) is 4.42 Å². The van der Waals surface area contributed by atoms with Crippen molar-refractivity contribution in [3.8, 4) is 0 Å². The number of rotatable bonds is 6. The van der Waals surface area contributed by atoms with E-state index in [0.29, 0.717) is 18.7 Å². The summed E-state index contributed by atoms with van der Waals surface area (Å²) >= 11 is 0. The van der Waals surface area contributed by atoms with Crippen LogP contribution in [0.2, 0.25) is 0 Å². The molecule has 0 aliphatic heterocycles. The Hall–Kier alpha value is -2.56. The largest absolute Gasteiger partial charge is 0.464 e. The van der Waals surface area contributed by atoms with E-state index in [1.807, 2.05) is 37.1 Å².